The van der Waals surface area contributed by atoms with Crippen molar-refractivity contribution >= 4 is 0 Å². The molecule has 4 nitrogen and oxygen atoms in total. The van der Waals surface area contributed by atoms with E-state index >= 15 is 0 Å². The molecule has 0 aliphatic rings. The monoisotopic (exact) mass is 197 g/mol. The summed E-state index contributed by atoms with van der Waals surface area (Å²) in [6.07, 6.45) is 3.59. The average Bonchev–Trinajstić information content (AvgIpc) is 2.59. The predicted octanol–water partition coefficient (Wildman–Crippen LogP) is 1.01. The largest absolute Gasteiger partial charge is 0.379 e. The van der Waals surface area contributed by atoms with Gasteiger partial charge in [-0.3, -0.25) is 0 Å². The lowest BCUT2D eigenvalue weighted by Crippen LogP contribution is -2.12. The normalized spacial score (nSPS) is 11.1. The molecule has 1 aromatic heterocycles. The quantitative estimate of drug-likeness (QED) is 0.693. The molecule has 4 heteroatoms. The Hall–Kier alpha value is -0.870. The molecule has 0 saturated heterocycles. The fourth-order valence-electron chi connectivity index (χ4n) is 1.20. The number of hydrogen-bond donors (Lipinski definition) is 1. The van der Waals surface area contributed by atoms with Crippen LogP contribution in [0.3, 0.4) is 0 Å². The molecule has 0 fully saturated rings. The van der Waals surface area contributed by atoms with Crippen molar-refractivity contribution in [2.45, 2.75) is 26.9 Å². The summed E-state index contributed by atoms with van der Waals surface area (Å²) in [6.45, 7) is 7.18. The van der Waals surface area contributed by atoms with Crippen molar-refractivity contribution in [3.63, 3.8) is 0 Å². The van der Waals surface area contributed by atoms with Crippen molar-refractivity contribution in [2.75, 3.05) is 13.2 Å². The summed E-state index contributed by atoms with van der Waals surface area (Å²) in [5.41, 5.74) is 6.60. The molecular formula is C10H19N3O. The van der Waals surface area contributed by atoms with Crippen LogP contribution in [0.1, 0.15) is 19.5 Å². The lowest BCUT2D eigenvalue weighted by molar-refractivity contribution is 0.103. The zero-order valence-corrected chi connectivity index (χ0v) is 8.94. The highest BCUT2D eigenvalue weighted by molar-refractivity contribution is 4.96. The van der Waals surface area contributed by atoms with Gasteiger partial charge in [-0.1, -0.05) is 13.8 Å². The number of ether oxygens (including phenoxy) is 1. The Bertz CT molecular complexity index is 258. The van der Waals surface area contributed by atoms with Gasteiger partial charge in [0.05, 0.1) is 18.6 Å². The molecule has 2 N–H and O–H groups in total. The maximum Gasteiger partial charge on any atom is 0.0949 e. The molecule has 0 aliphatic carbocycles. The zero-order chi connectivity index (χ0) is 10.4. The Balaban J connectivity index is 2.24. The van der Waals surface area contributed by atoms with E-state index in [1.165, 1.54) is 0 Å². The first-order valence-corrected chi connectivity index (χ1v) is 5.01. The van der Waals surface area contributed by atoms with E-state index in [0.717, 1.165) is 25.5 Å². The molecule has 0 atom stereocenters. The Morgan fingerprint density at radius 2 is 2.36 bits per heavy atom. The smallest absolute Gasteiger partial charge is 0.0949 e. The molecule has 80 valence electrons. The molecule has 0 unspecified atom stereocenters. The van der Waals surface area contributed by atoms with E-state index in [1.807, 2.05) is 4.57 Å². The van der Waals surface area contributed by atoms with Crippen molar-refractivity contribution in [3.05, 3.63) is 18.2 Å². The zero-order valence-electron chi connectivity index (χ0n) is 8.94. The first-order valence-electron chi connectivity index (χ1n) is 5.01. The molecule has 1 rings (SSSR count). The van der Waals surface area contributed by atoms with Gasteiger partial charge < -0.3 is 15.0 Å². The summed E-state index contributed by atoms with van der Waals surface area (Å²) in [5.74, 6) is 0.590. The standard InChI is InChI=1S/C10H19N3O/c1-9(2)7-14-4-3-13-8-12-6-10(13)5-11/h6,8-9H,3-5,7,11H2,1-2H3. The van der Waals surface area contributed by atoms with Crippen molar-refractivity contribution in [3.8, 4) is 0 Å². The first kappa shape index (κ1) is 11.2. The Labute approximate surface area is 85.1 Å². The third kappa shape index (κ3) is 3.47. The topological polar surface area (TPSA) is 53.1 Å². The van der Waals surface area contributed by atoms with Gasteiger partial charge in [-0.15, -0.1) is 0 Å². The van der Waals surface area contributed by atoms with Gasteiger partial charge in [-0.2, -0.15) is 0 Å². The summed E-state index contributed by atoms with van der Waals surface area (Å²) >= 11 is 0. The summed E-state index contributed by atoms with van der Waals surface area (Å²) in [4.78, 5) is 4.03. The van der Waals surface area contributed by atoms with Crippen molar-refractivity contribution in [2.24, 2.45) is 11.7 Å². The van der Waals surface area contributed by atoms with Gasteiger partial charge in [0.25, 0.3) is 0 Å². The van der Waals surface area contributed by atoms with Gasteiger partial charge in [0, 0.05) is 25.9 Å². The van der Waals surface area contributed by atoms with E-state index in [4.69, 9.17) is 10.5 Å². The van der Waals surface area contributed by atoms with Crippen LogP contribution in [-0.4, -0.2) is 22.8 Å². The second-order valence-corrected chi connectivity index (χ2v) is 3.75. The molecule has 1 aromatic rings. The van der Waals surface area contributed by atoms with Crippen LogP contribution in [0.2, 0.25) is 0 Å². The fourth-order valence-corrected chi connectivity index (χ4v) is 1.20. The minimum atomic E-state index is 0.532. The van der Waals surface area contributed by atoms with Crippen molar-refractivity contribution < 1.29 is 4.74 Å². The second kappa shape index (κ2) is 5.78. The summed E-state index contributed by atoms with van der Waals surface area (Å²) in [7, 11) is 0. The highest BCUT2D eigenvalue weighted by atomic mass is 16.5. The minimum Gasteiger partial charge on any atom is -0.379 e. The molecule has 0 aromatic carbocycles. The lowest BCUT2D eigenvalue weighted by atomic mass is 10.2. The van der Waals surface area contributed by atoms with Gasteiger partial charge >= 0.3 is 0 Å². The second-order valence-electron chi connectivity index (χ2n) is 3.75. The maximum atomic E-state index is 5.55. The molecular weight excluding hydrogens is 178 g/mol. The van der Waals surface area contributed by atoms with E-state index in [2.05, 4.69) is 18.8 Å². The molecule has 0 amide bonds. The van der Waals surface area contributed by atoms with E-state index in [0.29, 0.717) is 12.5 Å². The molecule has 0 aliphatic heterocycles. The van der Waals surface area contributed by atoms with Crippen LogP contribution in [0.4, 0.5) is 0 Å². The Morgan fingerprint density at radius 3 is 3.00 bits per heavy atom. The molecule has 0 radical (unpaired) electrons. The Kier molecular flexibility index (Phi) is 4.62. The maximum absolute atomic E-state index is 5.55. The Morgan fingerprint density at radius 1 is 1.57 bits per heavy atom. The van der Waals surface area contributed by atoms with Crippen molar-refractivity contribution in [1.82, 2.24) is 9.55 Å². The first-order chi connectivity index (χ1) is 6.74. The highest BCUT2D eigenvalue weighted by Crippen LogP contribution is 1.98. The van der Waals surface area contributed by atoms with Crippen LogP contribution < -0.4 is 5.73 Å². The van der Waals surface area contributed by atoms with E-state index < -0.39 is 0 Å². The van der Waals surface area contributed by atoms with Crippen LogP contribution in [-0.2, 0) is 17.8 Å². The van der Waals surface area contributed by atoms with Crippen LogP contribution in [0.25, 0.3) is 0 Å². The van der Waals surface area contributed by atoms with Gasteiger partial charge in [-0.05, 0) is 5.92 Å². The average molecular weight is 197 g/mol. The number of nitrogens with zero attached hydrogens (tertiary/aromatic N) is 2. The van der Waals surface area contributed by atoms with Crippen LogP contribution in [0.5, 0.6) is 0 Å². The summed E-state index contributed by atoms with van der Waals surface area (Å²) < 4.78 is 7.51. The summed E-state index contributed by atoms with van der Waals surface area (Å²) in [6, 6.07) is 0. The lowest BCUT2D eigenvalue weighted by Gasteiger charge is -2.08. The van der Waals surface area contributed by atoms with Crippen LogP contribution in [0.15, 0.2) is 12.5 Å². The van der Waals surface area contributed by atoms with Gasteiger partial charge in [0.2, 0.25) is 0 Å². The number of hydrogen-bond acceptors (Lipinski definition) is 3. The third-order valence-corrected chi connectivity index (χ3v) is 1.94. The van der Waals surface area contributed by atoms with E-state index in [9.17, 15) is 0 Å². The molecule has 0 saturated carbocycles. The minimum absolute atomic E-state index is 0.532. The number of nitrogens with two attached hydrogens (primary N) is 1. The SMILES string of the molecule is CC(C)COCCn1cncc1CN. The van der Waals surface area contributed by atoms with Crippen molar-refractivity contribution in [1.29, 1.82) is 0 Å². The number of rotatable bonds is 6. The molecule has 14 heavy (non-hydrogen) atoms. The molecule has 1 heterocycles. The molecule has 0 spiro atoms. The van der Waals surface area contributed by atoms with E-state index in [-0.39, 0.29) is 0 Å². The highest BCUT2D eigenvalue weighted by Gasteiger charge is 1.99. The van der Waals surface area contributed by atoms with Crippen LogP contribution in [0, 0.1) is 5.92 Å². The van der Waals surface area contributed by atoms with Gasteiger partial charge in [0.15, 0.2) is 0 Å². The fraction of sp³-hybridized carbons (Fsp3) is 0.700. The van der Waals surface area contributed by atoms with Gasteiger partial charge in [-0.25, -0.2) is 4.98 Å². The molecule has 0 bridgehead atoms. The number of imidazole rings is 1. The van der Waals surface area contributed by atoms with Gasteiger partial charge in [0.1, 0.15) is 0 Å². The van der Waals surface area contributed by atoms with Crippen LogP contribution >= 0.6 is 0 Å². The summed E-state index contributed by atoms with van der Waals surface area (Å²) in [5, 5.41) is 0. The van der Waals surface area contributed by atoms with E-state index in [1.54, 1.807) is 12.5 Å². The number of aromatic nitrogens is 2. The predicted molar refractivity (Wildman–Crippen MR) is 55.8 cm³/mol. The third-order valence-electron chi connectivity index (χ3n) is 1.94.